The summed E-state index contributed by atoms with van der Waals surface area (Å²) in [4.78, 5) is 24.3. The van der Waals surface area contributed by atoms with Crippen LogP contribution < -0.4 is 4.90 Å². The van der Waals surface area contributed by atoms with Gasteiger partial charge in [-0.2, -0.15) is 0 Å². The van der Waals surface area contributed by atoms with Gasteiger partial charge < -0.3 is 14.9 Å². The summed E-state index contributed by atoms with van der Waals surface area (Å²) in [7, 11) is 0. The Hall–Kier alpha value is -2.34. The van der Waals surface area contributed by atoms with E-state index in [-0.39, 0.29) is 11.5 Å². The van der Waals surface area contributed by atoms with Crippen molar-refractivity contribution in [2.45, 2.75) is 26.8 Å². The fourth-order valence-electron chi connectivity index (χ4n) is 3.23. The summed E-state index contributed by atoms with van der Waals surface area (Å²) in [6.45, 7) is 7.82. The predicted molar refractivity (Wildman–Crippen MR) is 103 cm³/mol. The SMILES string of the molecule is CC(C)(C)C1CN(c2cncc(-c3ccc(Cl)cc3)n2)CCN1C(=O)O. The average molecular weight is 375 g/mol. The molecule has 1 aliphatic heterocycles. The van der Waals surface area contributed by atoms with Crippen LogP contribution in [-0.2, 0) is 0 Å². The first-order chi connectivity index (χ1) is 12.3. The van der Waals surface area contributed by atoms with Crippen molar-refractivity contribution < 1.29 is 9.90 Å². The van der Waals surface area contributed by atoms with Gasteiger partial charge in [-0.05, 0) is 17.5 Å². The number of nitrogens with zero attached hydrogens (tertiary/aromatic N) is 4. The van der Waals surface area contributed by atoms with Crippen molar-refractivity contribution in [3.05, 3.63) is 41.7 Å². The van der Waals surface area contributed by atoms with Gasteiger partial charge in [0.1, 0.15) is 5.82 Å². The van der Waals surface area contributed by atoms with E-state index in [4.69, 9.17) is 16.6 Å². The van der Waals surface area contributed by atoms with Crippen molar-refractivity contribution in [3.63, 3.8) is 0 Å². The monoisotopic (exact) mass is 374 g/mol. The molecular formula is C19H23ClN4O2. The van der Waals surface area contributed by atoms with Gasteiger partial charge in [0.15, 0.2) is 0 Å². The zero-order valence-electron chi connectivity index (χ0n) is 15.2. The van der Waals surface area contributed by atoms with Gasteiger partial charge in [-0.3, -0.25) is 4.98 Å². The van der Waals surface area contributed by atoms with Gasteiger partial charge in [-0.25, -0.2) is 9.78 Å². The van der Waals surface area contributed by atoms with Crippen LogP contribution in [0.3, 0.4) is 0 Å². The molecule has 0 radical (unpaired) electrons. The Kier molecular flexibility index (Phi) is 5.05. The van der Waals surface area contributed by atoms with Crippen LogP contribution in [0.1, 0.15) is 20.8 Å². The van der Waals surface area contributed by atoms with Crippen LogP contribution in [0.25, 0.3) is 11.3 Å². The highest BCUT2D eigenvalue weighted by Crippen LogP contribution is 2.30. The summed E-state index contributed by atoms with van der Waals surface area (Å²) in [5, 5.41) is 10.2. The zero-order valence-corrected chi connectivity index (χ0v) is 15.9. The maximum absolute atomic E-state index is 11.6. The number of hydrogen-bond donors (Lipinski definition) is 1. The van der Waals surface area contributed by atoms with E-state index in [2.05, 4.69) is 30.7 Å². The minimum atomic E-state index is -0.870. The lowest BCUT2D eigenvalue weighted by atomic mass is 9.84. The van der Waals surface area contributed by atoms with Crippen molar-refractivity contribution >= 4 is 23.5 Å². The van der Waals surface area contributed by atoms with Gasteiger partial charge in [0, 0.05) is 30.2 Å². The second-order valence-electron chi connectivity index (χ2n) is 7.57. The second-order valence-corrected chi connectivity index (χ2v) is 8.01. The molecule has 1 fully saturated rings. The number of benzene rings is 1. The molecule has 0 aliphatic carbocycles. The van der Waals surface area contributed by atoms with Gasteiger partial charge in [0.25, 0.3) is 0 Å². The fraction of sp³-hybridized carbons (Fsp3) is 0.421. The average Bonchev–Trinajstić information content (AvgIpc) is 2.61. The first-order valence-electron chi connectivity index (χ1n) is 8.58. The van der Waals surface area contributed by atoms with Crippen LogP contribution in [0.5, 0.6) is 0 Å². The molecule has 1 aliphatic rings. The van der Waals surface area contributed by atoms with Gasteiger partial charge in [0.2, 0.25) is 0 Å². The molecule has 1 unspecified atom stereocenters. The smallest absolute Gasteiger partial charge is 0.407 e. The minimum Gasteiger partial charge on any atom is -0.465 e. The van der Waals surface area contributed by atoms with E-state index in [9.17, 15) is 9.90 Å². The standard InChI is InChI=1S/C19H23ClN4O2/c1-19(2,3)16-12-23(8-9-24(16)18(25)26)17-11-21-10-15(22-17)13-4-6-14(20)7-5-13/h4-7,10-11,16H,8-9,12H2,1-3H3,(H,25,26). The summed E-state index contributed by atoms with van der Waals surface area (Å²) in [5.41, 5.74) is 1.55. The highest BCUT2D eigenvalue weighted by molar-refractivity contribution is 6.30. The Morgan fingerprint density at radius 1 is 1.19 bits per heavy atom. The molecule has 7 heteroatoms. The Labute approximate surface area is 158 Å². The molecular weight excluding hydrogens is 352 g/mol. The molecule has 2 aromatic rings. The third kappa shape index (κ3) is 3.90. The highest BCUT2D eigenvalue weighted by Gasteiger charge is 2.38. The van der Waals surface area contributed by atoms with E-state index in [0.29, 0.717) is 24.7 Å². The van der Waals surface area contributed by atoms with Crippen LogP contribution in [0.2, 0.25) is 5.02 Å². The molecule has 0 bridgehead atoms. The van der Waals surface area contributed by atoms with Crippen molar-refractivity contribution in [2.75, 3.05) is 24.5 Å². The fourth-order valence-corrected chi connectivity index (χ4v) is 3.36. The molecule has 0 spiro atoms. The number of anilines is 1. The highest BCUT2D eigenvalue weighted by atomic mass is 35.5. The Morgan fingerprint density at radius 3 is 2.50 bits per heavy atom. The number of carbonyl (C=O) groups is 1. The summed E-state index contributed by atoms with van der Waals surface area (Å²) < 4.78 is 0. The number of rotatable bonds is 2. The molecule has 138 valence electrons. The Morgan fingerprint density at radius 2 is 1.88 bits per heavy atom. The molecule has 1 amide bonds. The van der Waals surface area contributed by atoms with Crippen LogP contribution >= 0.6 is 11.6 Å². The van der Waals surface area contributed by atoms with Crippen LogP contribution in [0.4, 0.5) is 10.6 Å². The predicted octanol–water partition coefficient (Wildman–Crippen LogP) is 4.01. The summed E-state index contributed by atoms with van der Waals surface area (Å²) >= 11 is 5.95. The lowest BCUT2D eigenvalue weighted by Gasteiger charge is -2.46. The number of halogens is 1. The topological polar surface area (TPSA) is 69.6 Å². The maximum Gasteiger partial charge on any atom is 0.407 e. The number of aromatic nitrogens is 2. The van der Waals surface area contributed by atoms with E-state index in [1.807, 2.05) is 24.3 Å². The Bertz CT molecular complexity index is 789. The zero-order chi connectivity index (χ0) is 18.9. The van der Waals surface area contributed by atoms with Crippen molar-refractivity contribution in [1.29, 1.82) is 0 Å². The minimum absolute atomic E-state index is 0.116. The Balaban J connectivity index is 1.86. The molecule has 3 rings (SSSR count). The molecule has 0 saturated carbocycles. The number of piperazine rings is 1. The normalized spacial score (nSPS) is 18.1. The molecule has 2 heterocycles. The first kappa shape index (κ1) is 18.5. The quantitative estimate of drug-likeness (QED) is 0.859. The summed E-state index contributed by atoms with van der Waals surface area (Å²) in [6, 6.07) is 7.36. The molecule has 1 aromatic carbocycles. The molecule has 1 N–H and O–H groups in total. The van der Waals surface area contributed by atoms with Gasteiger partial charge in [-0.1, -0.05) is 44.5 Å². The summed E-state index contributed by atoms with van der Waals surface area (Å²) in [6.07, 6.45) is 2.59. The molecule has 1 saturated heterocycles. The van der Waals surface area contributed by atoms with Crippen molar-refractivity contribution in [3.8, 4) is 11.3 Å². The van der Waals surface area contributed by atoms with E-state index in [0.717, 1.165) is 17.1 Å². The van der Waals surface area contributed by atoms with Crippen LogP contribution in [0.15, 0.2) is 36.7 Å². The van der Waals surface area contributed by atoms with Crippen LogP contribution in [-0.4, -0.2) is 51.7 Å². The van der Waals surface area contributed by atoms with Crippen molar-refractivity contribution in [1.82, 2.24) is 14.9 Å². The summed E-state index contributed by atoms with van der Waals surface area (Å²) in [5.74, 6) is 0.761. The second kappa shape index (κ2) is 7.11. The molecule has 1 aromatic heterocycles. The number of hydrogen-bond acceptors (Lipinski definition) is 4. The molecule has 6 nitrogen and oxygen atoms in total. The number of carboxylic acid groups (broad SMARTS) is 1. The van der Waals surface area contributed by atoms with E-state index in [1.54, 1.807) is 12.4 Å². The lowest BCUT2D eigenvalue weighted by molar-refractivity contribution is 0.0747. The third-order valence-electron chi connectivity index (χ3n) is 4.71. The largest absolute Gasteiger partial charge is 0.465 e. The van der Waals surface area contributed by atoms with Gasteiger partial charge in [0.05, 0.1) is 24.1 Å². The van der Waals surface area contributed by atoms with E-state index in [1.165, 1.54) is 4.90 Å². The molecule has 1 atom stereocenters. The van der Waals surface area contributed by atoms with Crippen LogP contribution in [0, 0.1) is 5.41 Å². The van der Waals surface area contributed by atoms with Gasteiger partial charge >= 0.3 is 6.09 Å². The van der Waals surface area contributed by atoms with E-state index < -0.39 is 6.09 Å². The van der Waals surface area contributed by atoms with E-state index >= 15 is 0 Å². The lowest BCUT2D eigenvalue weighted by Crippen LogP contribution is -2.59. The molecule has 26 heavy (non-hydrogen) atoms. The van der Waals surface area contributed by atoms with Gasteiger partial charge in [-0.15, -0.1) is 0 Å². The third-order valence-corrected chi connectivity index (χ3v) is 4.96. The maximum atomic E-state index is 11.6. The first-order valence-corrected chi connectivity index (χ1v) is 8.96. The number of amides is 1. The van der Waals surface area contributed by atoms with Crippen molar-refractivity contribution in [2.24, 2.45) is 5.41 Å².